The first-order chi connectivity index (χ1) is 17.6. The molecular formula is C27H23F4N3O3. The molecule has 0 spiro atoms. The standard InChI is InChI=1S/C27H23F4N3O3/c1-33(26(36)19-3-9-20(10-4-19)27(29,30)31)16-25(35)34-24(18-7-13-22(37-2)14-8-18)15-23(32-34)17-5-11-21(28)12-6-17/h3-14,24H,15-16H2,1-2H3. The number of carbonyl (C=O) groups is 2. The van der Waals surface area contributed by atoms with E-state index in [1.807, 2.05) is 12.1 Å². The minimum absolute atomic E-state index is 0.0203. The van der Waals surface area contributed by atoms with Gasteiger partial charge in [-0.1, -0.05) is 24.3 Å². The minimum Gasteiger partial charge on any atom is -0.497 e. The van der Waals surface area contributed by atoms with Gasteiger partial charge in [-0.05, 0) is 59.7 Å². The molecule has 0 saturated carbocycles. The number of rotatable bonds is 6. The fourth-order valence-corrected chi connectivity index (χ4v) is 4.01. The number of amides is 2. The van der Waals surface area contributed by atoms with E-state index in [0.717, 1.165) is 34.7 Å². The second-order valence-electron chi connectivity index (χ2n) is 8.52. The topological polar surface area (TPSA) is 62.2 Å². The Morgan fingerprint density at radius 3 is 2.19 bits per heavy atom. The predicted molar refractivity (Wildman–Crippen MR) is 129 cm³/mol. The van der Waals surface area contributed by atoms with Crippen LogP contribution < -0.4 is 4.74 Å². The van der Waals surface area contributed by atoms with Crippen LogP contribution in [0.15, 0.2) is 77.9 Å². The van der Waals surface area contributed by atoms with Gasteiger partial charge in [0.05, 0.1) is 24.4 Å². The van der Waals surface area contributed by atoms with Gasteiger partial charge in [-0.15, -0.1) is 0 Å². The van der Waals surface area contributed by atoms with Gasteiger partial charge in [0.25, 0.3) is 11.8 Å². The zero-order valence-corrected chi connectivity index (χ0v) is 20.0. The number of nitrogens with zero attached hydrogens (tertiary/aromatic N) is 3. The quantitative estimate of drug-likeness (QED) is 0.420. The van der Waals surface area contributed by atoms with E-state index < -0.39 is 35.4 Å². The Labute approximate surface area is 210 Å². The van der Waals surface area contributed by atoms with Crippen LogP contribution in [0.5, 0.6) is 5.75 Å². The zero-order chi connectivity index (χ0) is 26.7. The highest BCUT2D eigenvalue weighted by atomic mass is 19.4. The Bertz CT molecular complexity index is 1300. The summed E-state index contributed by atoms with van der Waals surface area (Å²) < 4.78 is 57.1. The number of hydrogen-bond donors (Lipinski definition) is 0. The Morgan fingerprint density at radius 1 is 1.00 bits per heavy atom. The molecule has 2 amide bonds. The Kier molecular flexibility index (Phi) is 7.28. The number of likely N-dealkylation sites (N-methyl/N-ethyl adjacent to an activating group) is 1. The molecule has 37 heavy (non-hydrogen) atoms. The SMILES string of the molecule is COc1ccc(C2CC(c3ccc(F)cc3)=NN2C(=O)CN(C)C(=O)c2ccc(C(F)(F)F)cc2)cc1. The first-order valence-corrected chi connectivity index (χ1v) is 11.3. The van der Waals surface area contributed by atoms with Crippen LogP contribution >= 0.6 is 0 Å². The lowest BCUT2D eigenvalue weighted by Gasteiger charge is -2.25. The molecule has 10 heteroatoms. The maximum atomic E-state index is 13.4. The van der Waals surface area contributed by atoms with E-state index >= 15 is 0 Å². The van der Waals surface area contributed by atoms with E-state index in [-0.39, 0.29) is 12.1 Å². The van der Waals surface area contributed by atoms with Crippen molar-refractivity contribution in [2.24, 2.45) is 5.10 Å². The summed E-state index contributed by atoms with van der Waals surface area (Å²) in [5.74, 6) is -0.850. The normalized spacial score (nSPS) is 15.4. The smallest absolute Gasteiger partial charge is 0.416 e. The van der Waals surface area contributed by atoms with Crippen molar-refractivity contribution in [3.63, 3.8) is 0 Å². The van der Waals surface area contributed by atoms with Crippen molar-refractivity contribution in [2.75, 3.05) is 20.7 Å². The molecule has 3 aromatic carbocycles. The van der Waals surface area contributed by atoms with Crippen molar-refractivity contribution >= 4 is 17.5 Å². The monoisotopic (exact) mass is 513 g/mol. The number of alkyl halides is 3. The van der Waals surface area contributed by atoms with Gasteiger partial charge >= 0.3 is 6.18 Å². The van der Waals surface area contributed by atoms with Gasteiger partial charge in [-0.3, -0.25) is 9.59 Å². The van der Waals surface area contributed by atoms with Crippen LogP contribution in [-0.2, 0) is 11.0 Å². The molecule has 0 N–H and O–H groups in total. The zero-order valence-electron chi connectivity index (χ0n) is 20.0. The molecular weight excluding hydrogens is 490 g/mol. The van der Waals surface area contributed by atoms with E-state index in [9.17, 15) is 27.2 Å². The minimum atomic E-state index is -4.52. The molecule has 0 radical (unpaired) electrons. The second-order valence-corrected chi connectivity index (χ2v) is 8.52. The molecule has 0 fully saturated rings. The third-order valence-corrected chi connectivity index (χ3v) is 6.02. The summed E-state index contributed by atoms with van der Waals surface area (Å²) >= 11 is 0. The van der Waals surface area contributed by atoms with Crippen molar-refractivity contribution in [2.45, 2.75) is 18.6 Å². The molecule has 1 unspecified atom stereocenters. The summed E-state index contributed by atoms with van der Waals surface area (Å²) in [6.07, 6.45) is -4.16. The van der Waals surface area contributed by atoms with Crippen LogP contribution in [0.1, 0.15) is 39.5 Å². The number of hydrazone groups is 1. The average Bonchev–Trinajstić information content (AvgIpc) is 3.34. The number of carbonyl (C=O) groups excluding carboxylic acids is 2. The lowest BCUT2D eigenvalue weighted by atomic mass is 9.98. The van der Waals surface area contributed by atoms with Crippen LogP contribution in [0.4, 0.5) is 17.6 Å². The number of benzene rings is 3. The molecule has 192 valence electrons. The molecule has 0 bridgehead atoms. The summed E-state index contributed by atoms with van der Waals surface area (Å²) in [6, 6.07) is 16.2. The average molecular weight is 513 g/mol. The van der Waals surface area contributed by atoms with Crippen LogP contribution in [0.25, 0.3) is 0 Å². The van der Waals surface area contributed by atoms with E-state index in [4.69, 9.17) is 4.74 Å². The number of ether oxygens (including phenoxy) is 1. The molecule has 0 aromatic heterocycles. The number of hydrogen-bond acceptors (Lipinski definition) is 4. The summed E-state index contributed by atoms with van der Waals surface area (Å²) in [5.41, 5.74) is 1.17. The Hall–Kier alpha value is -4.21. The maximum Gasteiger partial charge on any atom is 0.416 e. The highest BCUT2D eigenvalue weighted by molar-refractivity contribution is 6.03. The van der Waals surface area contributed by atoms with E-state index in [2.05, 4.69) is 5.10 Å². The van der Waals surface area contributed by atoms with E-state index in [0.29, 0.717) is 23.4 Å². The van der Waals surface area contributed by atoms with Crippen molar-refractivity contribution in [3.05, 3.63) is 101 Å². The van der Waals surface area contributed by atoms with Gasteiger partial charge < -0.3 is 9.64 Å². The highest BCUT2D eigenvalue weighted by Crippen LogP contribution is 2.34. The van der Waals surface area contributed by atoms with Gasteiger partial charge in [0.2, 0.25) is 0 Å². The Morgan fingerprint density at radius 2 is 1.62 bits per heavy atom. The molecule has 1 heterocycles. The van der Waals surface area contributed by atoms with E-state index in [1.165, 1.54) is 24.2 Å². The van der Waals surface area contributed by atoms with Crippen LogP contribution in [0, 0.1) is 5.82 Å². The van der Waals surface area contributed by atoms with Crippen molar-refractivity contribution < 1.29 is 31.9 Å². The molecule has 4 rings (SSSR count). The highest BCUT2D eigenvalue weighted by Gasteiger charge is 2.34. The molecule has 6 nitrogen and oxygen atoms in total. The molecule has 1 aliphatic heterocycles. The van der Waals surface area contributed by atoms with Crippen molar-refractivity contribution in [1.82, 2.24) is 9.91 Å². The van der Waals surface area contributed by atoms with Gasteiger partial charge in [-0.25, -0.2) is 9.40 Å². The summed E-state index contributed by atoms with van der Waals surface area (Å²) in [6.45, 7) is -0.354. The molecule has 1 aliphatic rings. The van der Waals surface area contributed by atoms with Gasteiger partial charge in [0.1, 0.15) is 18.1 Å². The van der Waals surface area contributed by atoms with Crippen LogP contribution in [0.2, 0.25) is 0 Å². The second kappa shape index (κ2) is 10.4. The van der Waals surface area contributed by atoms with Gasteiger partial charge in [0, 0.05) is 19.0 Å². The molecule has 1 atom stereocenters. The maximum absolute atomic E-state index is 13.4. The van der Waals surface area contributed by atoms with Crippen molar-refractivity contribution in [3.8, 4) is 5.75 Å². The predicted octanol–water partition coefficient (Wildman–Crippen LogP) is 5.30. The molecule has 0 saturated heterocycles. The number of methoxy groups -OCH3 is 1. The Balaban J connectivity index is 1.55. The third-order valence-electron chi connectivity index (χ3n) is 6.02. The number of halogens is 4. The van der Waals surface area contributed by atoms with Gasteiger partial charge in [0.15, 0.2) is 0 Å². The van der Waals surface area contributed by atoms with Crippen LogP contribution in [0.3, 0.4) is 0 Å². The summed E-state index contributed by atoms with van der Waals surface area (Å²) in [5, 5.41) is 5.78. The lowest BCUT2D eigenvalue weighted by Crippen LogP contribution is -2.39. The fourth-order valence-electron chi connectivity index (χ4n) is 4.01. The molecule has 3 aromatic rings. The fraction of sp³-hybridized carbons (Fsp3) is 0.222. The molecule has 0 aliphatic carbocycles. The van der Waals surface area contributed by atoms with Crippen LogP contribution in [-0.4, -0.2) is 48.1 Å². The largest absolute Gasteiger partial charge is 0.497 e. The van der Waals surface area contributed by atoms with E-state index in [1.54, 1.807) is 31.4 Å². The first kappa shape index (κ1) is 25.9. The first-order valence-electron chi connectivity index (χ1n) is 11.3. The summed E-state index contributed by atoms with van der Waals surface area (Å²) in [7, 11) is 2.93. The lowest BCUT2D eigenvalue weighted by molar-refractivity contribution is -0.137. The van der Waals surface area contributed by atoms with Crippen molar-refractivity contribution in [1.29, 1.82) is 0 Å². The summed E-state index contributed by atoms with van der Waals surface area (Å²) in [4.78, 5) is 27.2. The third kappa shape index (κ3) is 5.79. The van der Waals surface area contributed by atoms with Gasteiger partial charge in [-0.2, -0.15) is 18.3 Å².